The van der Waals surface area contributed by atoms with Crippen LogP contribution < -0.4 is 15.2 Å². The Morgan fingerprint density at radius 3 is 2.47 bits per heavy atom. The molecule has 6 nitrogen and oxygen atoms in total. The Labute approximate surface area is 103 Å². The number of amidine groups is 1. The van der Waals surface area contributed by atoms with E-state index in [1.54, 1.807) is 6.92 Å². The van der Waals surface area contributed by atoms with Crippen molar-refractivity contribution < 1.29 is 8.42 Å². The van der Waals surface area contributed by atoms with Crippen molar-refractivity contribution in [2.24, 2.45) is 11.7 Å². The Morgan fingerprint density at radius 1 is 1.41 bits per heavy atom. The number of hydrogen-bond acceptors (Lipinski definition) is 3. The van der Waals surface area contributed by atoms with Crippen molar-refractivity contribution in [1.82, 2.24) is 9.44 Å². The van der Waals surface area contributed by atoms with Gasteiger partial charge in [0.15, 0.2) is 0 Å². The van der Waals surface area contributed by atoms with Gasteiger partial charge in [-0.25, -0.2) is 4.72 Å². The van der Waals surface area contributed by atoms with Crippen LogP contribution in [0.4, 0.5) is 0 Å². The van der Waals surface area contributed by atoms with Gasteiger partial charge in [-0.05, 0) is 18.8 Å². The van der Waals surface area contributed by atoms with Crippen LogP contribution in [-0.4, -0.2) is 26.8 Å². The predicted octanol–water partition coefficient (Wildman–Crippen LogP) is 0.315. The monoisotopic (exact) mass is 262 g/mol. The van der Waals surface area contributed by atoms with E-state index in [-0.39, 0.29) is 11.8 Å². The molecule has 0 heterocycles. The van der Waals surface area contributed by atoms with Gasteiger partial charge in [-0.3, -0.25) is 5.41 Å². The number of nitrogens with one attached hydrogen (secondary N) is 3. The Bertz CT molecular complexity index is 349. The third-order valence-electron chi connectivity index (χ3n) is 3.07. The molecule has 100 valence electrons. The van der Waals surface area contributed by atoms with Crippen molar-refractivity contribution in [3.8, 4) is 0 Å². The van der Waals surface area contributed by atoms with Crippen LogP contribution in [0, 0.1) is 11.3 Å². The topological polar surface area (TPSA) is 108 Å². The smallest absolute Gasteiger partial charge is 0.277 e. The third-order valence-corrected chi connectivity index (χ3v) is 4.31. The summed E-state index contributed by atoms with van der Waals surface area (Å²) in [6.45, 7) is 2.03. The highest BCUT2D eigenvalue weighted by Gasteiger charge is 2.29. The van der Waals surface area contributed by atoms with Gasteiger partial charge in [-0.1, -0.05) is 26.2 Å². The van der Waals surface area contributed by atoms with Gasteiger partial charge in [0.1, 0.15) is 5.84 Å². The highest BCUT2D eigenvalue weighted by atomic mass is 32.2. The summed E-state index contributed by atoms with van der Waals surface area (Å²) in [6.07, 6.45) is 5.20. The molecule has 0 radical (unpaired) electrons. The van der Waals surface area contributed by atoms with Crippen LogP contribution in [0.2, 0.25) is 0 Å². The minimum Gasteiger partial charge on any atom is -0.386 e. The number of nitrogens with two attached hydrogens (primary N) is 1. The summed E-state index contributed by atoms with van der Waals surface area (Å²) in [4.78, 5) is 0. The highest BCUT2D eigenvalue weighted by Crippen LogP contribution is 2.26. The molecule has 5 N–H and O–H groups in total. The number of rotatable bonds is 6. The van der Waals surface area contributed by atoms with E-state index >= 15 is 0 Å². The first-order chi connectivity index (χ1) is 7.96. The number of hydrogen-bond donors (Lipinski definition) is 4. The van der Waals surface area contributed by atoms with Crippen LogP contribution >= 0.6 is 0 Å². The lowest BCUT2D eigenvalue weighted by Gasteiger charge is -2.29. The minimum absolute atomic E-state index is 0.0987. The highest BCUT2D eigenvalue weighted by molar-refractivity contribution is 7.87. The molecule has 0 aromatic carbocycles. The molecule has 1 aliphatic rings. The summed E-state index contributed by atoms with van der Waals surface area (Å²) >= 11 is 0. The van der Waals surface area contributed by atoms with Gasteiger partial charge in [0, 0.05) is 6.54 Å². The fourth-order valence-corrected chi connectivity index (χ4v) is 3.40. The quantitative estimate of drug-likeness (QED) is 0.409. The molecule has 0 saturated heterocycles. The van der Waals surface area contributed by atoms with E-state index in [9.17, 15) is 8.42 Å². The lowest BCUT2D eigenvalue weighted by Crippen LogP contribution is -2.52. The van der Waals surface area contributed by atoms with Crippen molar-refractivity contribution in [2.75, 3.05) is 6.54 Å². The van der Waals surface area contributed by atoms with E-state index in [4.69, 9.17) is 11.1 Å². The zero-order valence-corrected chi connectivity index (χ0v) is 11.0. The summed E-state index contributed by atoms with van der Waals surface area (Å²) < 4.78 is 28.1. The first-order valence-corrected chi connectivity index (χ1v) is 7.55. The molecule has 1 aliphatic carbocycles. The summed E-state index contributed by atoms with van der Waals surface area (Å²) in [5, 5.41) is 7.52. The van der Waals surface area contributed by atoms with E-state index in [1.165, 1.54) is 6.42 Å². The molecular weight excluding hydrogens is 240 g/mol. The van der Waals surface area contributed by atoms with Crippen molar-refractivity contribution in [2.45, 2.75) is 45.1 Å². The van der Waals surface area contributed by atoms with Crippen LogP contribution in [0.3, 0.4) is 0 Å². The normalized spacial score (nSPS) is 20.1. The van der Waals surface area contributed by atoms with E-state index in [0.29, 0.717) is 6.54 Å². The maximum Gasteiger partial charge on any atom is 0.277 e. The van der Waals surface area contributed by atoms with Gasteiger partial charge in [-0.15, -0.1) is 0 Å². The van der Waals surface area contributed by atoms with Crippen LogP contribution in [0.25, 0.3) is 0 Å². The van der Waals surface area contributed by atoms with Gasteiger partial charge in [0.05, 0.1) is 6.04 Å². The maximum absolute atomic E-state index is 11.6. The van der Waals surface area contributed by atoms with E-state index in [2.05, 4.69) is 9.44 Å². The minimum atomic E-state index is -3.55. The second-order valence-corrected chi connectivity index (χ2v) is 5.98. The van der Waals surface area contributed by atoms with Gasteiger partial charge in [0.25, 0.3) is 10.2 Å². The average Bonchev–Trinajstić information content (AvgIpc) is 2.27. The molecule has 0 aromatic heterocycles. The van der Waals surface area contributed by atoms with Crippen LogP contribution in [0.1, 0.15) is 39.0 Å². The summed E-state index contributed by atoms with van der Waals surface area (Å²) in [5.41, 5.74) is 5.50. The Hall–Kier alpha value is -0.660. The van der Waals surface area contributed by atoms with Gasteiger partial charge in [0.2, 0.25) is 0 Å². The molecule has 1 atom stereocenters. The van der Waals surface area contributed by atoms with Gasteiger partial charge >= 0.3 is 0 Å². The SMILES string of the molecule is CCNS(=O)(=O)NC(C(=N)N)C1CCCCC1. The zero-order chi connectivity index (χ0) is 12.9. The Balaban J connectivity index is 2.69. The first-order valence-electron chi connectivity index (χ1n) is 6.07. The van der Waals surface area contributed by atoms with Crippen molar-refractivity contribution >= 4 is 16.0 Å². The second kappa shape index (κ2) is 6.32. The molecule has 0 spiro atoms. The molecule has 0 amide bonds. The molecule has 1 saturated carbocycles. The molecular formula is C10H22N4O2S. The van der Waals surface area contributed by atoms with E-state index in [1.807, 2.05) is 0 Å². The van der Waals surface area contributed by atoms with Gasteiger partial charge < -0.3 is 5.73 Å². The fourth-order valence-electron chi connectivity index (χ4n) is 2.28. The van der Waals surface area contributed by atoms with E-state index in [0.717, 1.165) is 25.7 Å². The van der Waals surface area contributed by atoms with Crippen molar-refractivity contribution in [3.63, 3.8) is 0 Å². The summed E-state index contributed by atoms with van der Waals surface area (Å²) in [5.74, 6) is 0.0491. The molecule has 1 rings (SSSR count). The molecule has 0 bridgehead atoms. The molecule has 0 aromatic rings. The molecule has 7 heteroatoms. The largest absolute Gasteiger partial charge is 0.386 e. The van der Waals surface area contributed by atoms with Crippen LogP contribution in [-0.2, 0) is 10.2 Å². The Kier molecular flexibility index (Phi) is 5.35. The van der Waals surface area contributed by atoms with E-state index < -0.39 is 16.3 Å². The molecule has 1 unspecified atom stereocenters. The van der Waals surface area contributed by atoms with Crippen LogP contribution in [0.15, 0.2) is 0 Å². The zero-order valence-electron chi connectivity index (χ0n) is 10.2. The molecule has 17 heavy (non-hydrogen) atoms. The van der Waals surface area contributed by atoms with Crippen LogP contribution in [0.5, 0.6) is 0 Å². The first kappa shape index (κ1) is 14.4. The lowest BCUT2D eigenvalue weighted by atomic mass is 9.84. The predicted molar refractivity (Wildman–Crippen MR) is 68.0 cm³/mol. The summed E-state index contributed by atoms with van der Waals surface area (Å²) in [6, 6.07) is -0.570. The van der Waals surface area contributed by atoms with Gasteiger partial charge in [-0.2, -0.15) is 13.1 Å². The fraction of sp³-hybridized carbons (Fsp3) is 0.900. The van der Waals surface area contributed by atoms with Crippen molar-refractivity contribution in [1.29, 1.82) is 5.41 Å². The second-order valence-electron chi connectivity index (χ2n) is 4.45. The maximum atomic E-state index is 11.6. The third kappa shape index (κ3) is 4.61. The average molecular weight is 262 g/mol. The van der Waals surface area contributed by atoms with Crippen molar-refractivity contribution in [3.05, 3.63) is 0 Å². The molecule has 1 fully saturated rings. The lowest BCUT2D eigenvalue weighted by molar-refractivity contribution is 0.328. The standard InChI is InChI=1S/C10H22N4O2S/c1-2-13-17(15,16)14-9(10(11)12)8-6-4-3-5-7-8/h8-9,13-14H,2-7H2,1H3,(H3,11,12). The summed E-state index contributed by atoms with van der Waals surface area (Å²) in [7, 11) is -3.55. The molecule has 0 aliphatic heterocycles. The Morgan fingerprint density at radius 2 is 2.00 bits per heavy atom.